The Morgan fingerprint density at radius 1 is 1.42 bits per heavy atom. The number of hydrogen-bond donors (Lipinski definition) is 2. The number of rotatable bonds is 4. The summed E-state index contributed by atoms with van der Waals surface area (Å²) >= 11 is 0. The first-order chi connectivity index (χ1) is 5.88. The van der Waals surface area contributed by atoms with Crippen LogP contribution in [0.15, 0.2) is 0 Å². The predicted molar refractivity (Wildman–Crippen MR) is 49.6 cm³/mol. The van der Waals surface area contributed by atoms with Crippen molar-refractivity contribution < 1.29 is 4.84 Å². The molecule has 1 aliphatic carbocycles. The zero-order chi connectivity index (χ0) is 8.81. The summed E-state index contributed by atoms with van der Waals surface area (Å²) in [7, 11) is 0. The van der Waals surface area contributed by atoms with Crippen LogP contribution in [0.2, 0.25) is 0 Å². The van der Waals surface area contributed by atoms with Crippen molar-refractivity contribution in [2.75, 3.05) is 13.2 Å². The van der Waals surface area contributed by atoms with E-state index < -0.39 is 0 Å². The van der Waals surface area contributed by atoms with E-state index in [4.69, 9.17) is 10.6 Å². The molecule has 1 saturated carbocycles. The maximum absolute atomic E-state index is 5.67. The lowest BCUT2D eigenvalue weighted by atomic mass is 9.85. The van der Waals surface area contributed by atoms with Crippen molar-refractivity contribution in [3.8, 4) is 0 Å². The van der Waals surface area contributed by atoms with Gasteiger partial charge in [-0.1, -0.05) is 12.8 Å². The minimum absolute atomic E-state index is 0.490. The van der Waals surface area contributed by atoms with Crippen molar-refractivity contribution in [2.45, 2.75) is 38.6 Å². The van der Waals surface area contributed by atoms with Gasteiger partial charge in [-0.25, -0.2) is 0 Å². The summed E-state index contributed by atoms with van der Waals surface area (Å²) < 4.78 is 0. The van der Waals surface area contributed by atoms with E-state index in [0.717, 1.165) is 13.2 Å². The molecule has 72 valence electrons. The van der Waals surface area contributed by atoms with Gasteiger partial charge in [-0.2, -0.15) is 5.48 Å². The lowest BCUT2D eigenvalue weighted by molar-refractivity contribution is -0.000570. The standard InChI is InChI=1S/C9H20N2O/c1-2-12-11-9-6-4-3-5-8(9)7-10/h8-9,11H,2-7,10H2,1H3. The molecule has 0 aliphatic heterocycles. The van der Waals surface area contributed by atoms with Crippen LogP contribution in [-0.4, -0.2) is 19.2 Å². The van der Waals surface area contributed by atoms with E-state index in [2.05, 4.69) is 5.48 Å². The summed E-state index contributed by atoms with van der Waals surface area (Å²) in [4.78, 5) is 5.20. The third-order valence-electron chi connectivity index (χ3n) is 2.59. The molecular weight excluding hydrogens is 152 g/mol. The Hall–Kier alpha value is -0.120. The van der Waals surface area contributed by atoms with Gasteiger partial charge in [0.2, 0.25) is 0 Å². The predicted octanol–water partition coefficient (Wildman–Crippen LogP) is 1.04. The van der Waals surface area contributed by atoms with E-state index in [9.17, 15) is 0 Å². The fourth-order valence-corrected chi connectivity index (χ4v) is 1.84. The normalized spacial score (nSPS) is 30.5. The van der Waals surface area contributed by atoms with E-state index in [1.807, 2.05) is 6.92 Å². The highest BCUT2D eigenvalue weighted by molar-refractivity contribution is 4.79. The second-order valence-electron chi connectivity index (χ2n) is 3.44. The molecule has 3 heteroatoms. The molecule has 0 saturated heterocycles. The van der Waals surface area contributed by atoms with Crippen molar-refractivity contribution in [1.29, 1.82) is 0 Å². The second-order valence-corrected chi connectivity index (χ2v) is 3.44. The lowest BCUT2D eigenvalue weighted by Gasteiger charge is -2.30. The molecule has 12 heavy (non-hydrogen) atoms. The van der Waals surface area contributed by atoms with Crippen molar-refractivity contribution in [3.05, 3.63) is 0 Å². The minimum Gasteiger partial charge on any atom is -0.330 e. The molecule has 1 fully saturated rings. The van der Waals surface area contributed by atoms with E-state index in [1.54, 1.807) is 0 Å². The number of nitrogens with two attached hydrogens (primary N) is 1. The molecule has 3 N–H and O–H groups in total. The topological polar surface area (TPSA) is 47.3 Å². The van der Waals surface area contributed by atoms with Gasteiger partial charge in [0.1, 0.15) is 0 Å². The quantitative estimate of drug-likeness (QED) is 0.623. The van der Waals surface area contributed by atoms with Crippen molar-refractivity contribution in [3.63, 3.8) is 0 Å². The fraction of sp³-hybridized carbons (Fsp3) is 1.00. The van der Waals surface area contributed by atoms with Crippen LogP contribution in [0.4, 0.5) is 0 Å². The smallest absolute Gasteiger partial charge is 0.0654 e. The van der Waals surface area contributed by atoms with Gasteiger partial charge < -0.3 is 10.6 Å². The Labute approximate surface area is 74.6 Å². The summed E-state index contributed by atoms with van der Waals surface area (Å²) in [6.45, 7) is 3.51. The van der Waals surface area contributed by atoms with Gasteiger partial charge in [-0.15, -0.1) is 0 Å². The first-order valence-corrected chi connectivity index (χ1v) is 4.95. The number of nitrogens with one attached hydrogen (secondary N) is 1. The monoisotopic (exact) mass is 172 g/mol. The molecule has 0 radical (unpaired) electrons. The average Bonchev–Trinajstić information content (AvgIpc) is 2.15. The fourth-order valence-electron chi connectivity index (χ4n) is 1.84. The molecule has 0 aromatic rings. The van der Waals surface area contributed by atoms with Crippen LogP contribution in [0, 0.1) is 5.92 Å². The molecule has 1 aliphatic rings. The van der Waals surface area contributed by atoms with E-state index in [-0.39, 0.29) is 0 Å². The third-order valence-corrected chi connectivity index (χ3v) is 2.59. The third kappa shape index (κ3) is 2.73. The minimum atomic E-state index is 0.490. The molecule has 3 nitrogen and oxygen atoms in total. The Bertz CT molecular complexity index is 119. The largest absolute Gasteiger partial charge is 0.330 e. The zero-order valence-corrected chi connectivity index (χ0v) is 7.88. The van der Waals surface area contributed by atoms with Crippen LogP contribution in [0.3, 0.4) is 0 Å². The lowest BCUT2D eigenvalue weighted by Crippen LogP contribution is -2.41. The first-order valence-electron chi connectivity index (χ1n) is 4.95. The summed E-state index contributed by atoms with van der Waals surface area (Å²) in [5, 5.41) is 0. The molecule has 0 amide bonds. The Morgan fingerprint density at radius 3 is 2.83 bits per heavy atom. The molecule has 0 spiro atoms. The van der Waals surface area contributed by atoms with Crippen molar-refractivity contribution >= 4 is 0 Å². The van der Waals surface area contributed by atoms with E-state index in [1.165, 1.54) is 25.7 Å². The van der Waals surface area contributed by atoms with Crippen LogP contribution in [0.5, 0.6) is 0 Å². The van der Waals surface area contributed by atoms with Crippen LogP contribution in [0.25, 0.3) is 0 Å². The Balaban J connectivity index is 2.26. The van der Waals surface area contributed by atoms with Gasteiger partial charge in [0, 0.05) is 6.04 Å². The van der Waals surface area contributed by atoms with Crippen molar-refractivity contribution in [2.24, 2.45) is 11.7 Å². The van der Waals surface area contributed by atoms with Crippen molar-refractivity contribution in [1.82, 2.24) is 5.48 Å². The molecule has 0 aromatic carbocycles. The highest BCUT2D eigenvalue weighted by atomic mass is 16.6. The molecule has 0 aromatic heterocycles. The van der Waals surface area contributed by atoms with E-state index >= 15 is 0 Å². The molecule has 1 rings (SSSR count). The maximum atomic E-state index is 5.67. The number of hydroxylamine groups is 1. The van der Waals surface area contributed by atoms with Gasteiger partial charge >= 0.3 is 0 Å². The van der Waals surface area contributed by atoms with Gasteiger partial charge in [-0.05, 0) is 32.2 Å². The highest BCUT2D eigenvalue weighted by Crippen LogP contribution is 2.23. The van der Waals surface area contributed by atoms with Crippen LogP contribution in [0.1, 0.15) is 32.6 Å². The first kappa shape index (κ1) is 9.96. The maximum Gasteiger partial charge on any atom is 0.0654 e. The zero-order valence-electron chi connectivity index (χ0n) is 7.88. The second kappa shape index (κ2) is 5.51. The summed E-state index contributed by atoms with van der Waals surface area (Å²) in [6, 6.07) is 0.490. The molecule has 2 unspecified atom stereocenters. The van der Waals surface area contributed by atoms with Gasteiger partial charge in [0.15, 0.2) is 0 Å². The van der Waals surface area contributed by atoms with Gasteiger partial charge in [0.05, 0.1) is 6.61 Å². The molecular formula is C9H20N2O. The Kier molecular flexibility index (Phi) is 4.58. The summed E-state index contributed by atoms with van der Waals surface area (Å²) in [5.41, 5.74) is 8.76. The molecule has 2 atom stereocenters. The van der Waals surface area contributed by atoms with Gasteiger partial charge in [0.25, 0.3) is 0 Å². The average molecular weight is 172 g/mol. The van der Waals surface area contributed by atoms with Crippen LogP contribution < -0.4 is 11.2 Å². The summed E-state index contributed by atoms with van der Waals surface area (Å²) in [6.07, 6.45) is 5.09. The van der Waals surface area contributed by atoms with Crippen LogP contribution >= 0.6 is 0 Å². The SMILES string of the molecule is CCONC1CCCCC1CN. The summed E-state index contributed by atoms with van der Waals surface area (Å²) in [5.74, 6) is 0.616. The molecule has 0 bridgehead atoms. The number of hydrogen-bond acceptors (Lipinski definition) is 3. The van der Waals surface area contributed by atoms with Crippen LogP contribution in [-0.2, 0) is 4.84 Å². The Morgan fingerprint density at radius 2 is 2.17 bits per heavy atom. The van der Waals surface area contributed by atoms with Gasteiger partial charge in [-0.3, -0.25) is 0 Å². The highest BCUT2D eigenvalue weighted by Gasteiger charge is 2.23. The molecule has 0 heterocycles. The van der Waals surface area contributed by atoms with E-state index in [0.29, 0.717) is 12.0 Å².